The first-order valence-electron chi connectivity index (χ1n) is 9.37. The minimum atomic E-state index is -4.06. The summed E-state index contributed by atoms with van der Waals surface area (Å²) in [5.41, 5.74) is 3.20. The van der Waals surface area contributed by atoms with Crippen LogP contribution in [-0.4, -0.2) is 42.0 Å². The van der Waals surface area contributed by atoms with Crippen molar-refractivity contribution in [3.63, 3.8) is 0 Å². The van der Waals surface area contributed by atoms with E-state index in [-0.39, 0.29) is 23.6 Å². The molecule has 0 N–H and O–H groups in total. The molecule has 2 aliphatic heterocycles. The first-order valence-corrected chi connectivity index (χ1v) is 10.8. The highest BCUT2D eigenvalue weighted by atomic mass is 32.2. The normalized spacial score (nSPS) is 19.6. The van der Waals surface area contributed by atoms with Gasteiger partial charge in [0.25, 0.3) is 10.0 Å². The molecule has 0 aromatic heterocycles. The molecule has 2 aliphatic rings. The zero-order valence-corrected chi connectivity index (χ0v) is 16.5. The molecule has 146 valence electrons. The van der Waals surface area contributed by atoms with E-state index in [0.717, 1.165) is 21.9 Å². The number of amides is 2. The number of hydrogen-bond donors (Lipinski definition) is 0. The molecule has 0 unspecified atom stereocenters. The lowest BCUT2D eigenvalue weighted by molar-refractivity contribution is -0.138. The van der Waals surface area contributed by atoms with Crippen molar-refractivity contribution in [2.45, 2.75) is 43.7 Å². The monoisotopic (exact) mass is 398 g/mol. The van der Waals surface area contributed by atoms with Crippen LogP contribution in [0.25, 0.3) is 0 Å². The number of sulfonamides is 1. The maximum atomic E-state index is 13.2. The summed E-state index contributed by atoms with van der Waals surface area (Å²) < 4.78 is 27.0. The molecule has 28 heavy (non-hydrogen) atoms. The fraction of sp³-hybridized carbons (Fsp3) is 0.333. The second-order valence-corrected chi connectivity index (χ2v) is 9.16. The lowest BCUT2D eigenvalue weighted by atomic mass is 9.99. The molecule has 4 rings (SSSR count). The van der Waals surface area contributed by atoms with Crippen LogP contribution in [0.5, 0.6) is 0 Å². The minimum Gasteiger partial charge on any atom is -0.336 e. The number of benzene rings is 2. The lowest BCUT2D eigenvalue weighted by Crippen LogP contribution is -2.50. The molecule has 6 nitrogen and oxygen atoms in total. The van der Waals surface area contributed by atoms with Crippen molar-refractivity contribution in [1.29, 1.82) is 0 Å². The Morgan fingerprint density at radius 2 is 1.68 bits per heavy atom. The van der Waals surface area contributed by atoms with E-state index >= 15 is 0 Å². The Kier molecular flexibility index (Phi) is 4.71. The Morgan fingerprint density at radius 3 is 2.39 bits per heavy atom. The third-order valence-corrected chi connectivity index (χ3v) is 7.31. The minimum absolute atomic E-state index is 0.0372. The smallest absolute Gasteiger partial charge is 0.267 e. The van der Waals surface area contributed by atoms with Crippen LogP contribution < -0.4 is 0 Å². The van der Waals surface area contributed by atoms with Gasteiger partial charge in [0.1, 0.15) is 6.04 Å². The highest BCUT2D eigenvalue weighted by Gasteiger charge is 2.45. The van der Waals surface area contributed by atoms with Crippen LogP contribution in [-0.2, 0) is 32.6 Å². The molecule has 1 fully saturated rings. The second kappa shape index (κ2) is 7.05. The summed E-state index contributed by atoms with van der Waals surface area (Å²) in [7, 11) is -4.06. The van der Waals surface area contributed by atoms with Gasteiger partial charge in [-0.15, -0.1) is 0 Å². The largest absolute Gasteiger partial charge is 0.336 e. The molecular formula is C21H22N2O4S. The van der Waals surface area contributed by atoms with Gasteiger partial charge in [0, 0.05) is 19.5 Å². The van der Waals surface area contributed by atoms with Crippen molar-refractivity contribution in [1.82, 2.24) is 9.21 Å². The number of carbonyl (C=O) groups is 2. The van der Waals surface area contributed by atoms with E-state index < -0.39 is 22.0 Å². The molecule has 0 spiro atoms. The number of rotatable bonds is 3. The van der Waals surface area contributed by atoms with Gasteiger partial charge in [0.05, 0.1) is 4.90 Å². The van der Waals surface area contributed by atoms with E-state index in [0.29, 0.717) is 13.1 Å². The van der Waals surface area contributed by atoms with Crippen molar-refractivity contribution in [2.24, 2.45) is 0 Å². The molecule has 0 aliphatic carbocycles. The van der Waals surface area contributed by atoms with Gasteiger partial charge >= 0.3 is 0 Å². The topological polar surface area (TPSA) is 74.8 Å². The first-order chi connectivity index (χ1) is 13.4. The molecule has 0 radical (unpaired) electrons. The van der Waals surface area contributed by atoms with Crippen LogP contribution >= 0.6 is 0 Å². The van der Waals surface area contributed by atoms with Crippen LogP contribution in [0.2, 0.25) is 0 Å². The maximum Gasteiger partial charge on any atom is 0.267 e. The molecule has 1 saturated heterocycles. The van der Waals surface area contributed by atoms with Crippen LogP contribution in [0, 0.1) is 6.92 Å². The number of carbonyl (C=O) groups excluding carboxylic acids is 2. The Labute approximate surface area is 164 Å². The van der Waals surface area contributed by atoms with Crippen molar-refractivity contribution in [2.75, 3.05) is 6.54 Å². The average Bonchev–Trinajstić information content (AvgIpc) is 3.09. The second-order valence-electron chi connectivity index (χ2n) is 7.34. The molecule has 0 bridgehead atoms. The zero-order valence-electron chi connectivity index (χ0n) is 15.7. The Morgan fingerprint density at radius 1 is 1.00 bits per heavy atom. The number of nitrogens with zero attached hydrogens (tertiary/aromatic N) is 2. The predicted octanol–water partition coefficient (Wildman–Crippen LogP) is 2.26. The summed E-state index contributed by atoms with van der Waals surface area (Å²) in [5, 5.41) is 0. The van der Waals surface area contributed by atoms with Crippen LogP contribution in [0.3, 0.4) is 0 Å². The van der Waals surface area contributed by atoms with Gasteiger partial charge in [0.15, 0.2) is 0 Å². The third kappa shape index (κ3) is 3.20. The number of aryl methyl sites for hydroxylation is 1. The highest BCUT2D eigenvalue weighted by Crippen LogP contribution is 2.30. The van der Waals surface area contributed by atoms with Gasteiger partial charge < -0.3 is 4.90 Å². The molecule has 2 amide bonds. The quantitative estimate of drug-likeness (QED) is 0.795. The summed E-state index contributed by atoms with van der Waals surface area (Å²) in [6, 6.07) is 13.3. The standard InChI is InChI=1S/C21H22N2O4S/c1-15-6-8-18(9-7-15)28(26,27)23-19(10-11-20(23)24)21(25)22-13-12-16-4-2-3-5-17(16)14-22/h2-9,19H,10-14H2,1H3/t19-/m1/s1. The van der Waals surface area contributed by atoms with Crippen molar-refractivity contribution in [3.05, 3.63) is 65.2 Å². The third-order valence-electron chi connectivity index (χ3n) is 5.47. The molecule has 0 saturated carbocycles. The van der Waals surface area contributed by atoms with Crippen molar-refractivity contribution < 1.29 is 18.0 Å². The van der Waals surface area contributed by atoms with Gasteiger partial charge in [-0.05, 0) is 43.0 Å². The average molecular weight is 398 g/mol. The van der Waals surface area contributed by atoms with Gasteiger partial charge in [0.2, 0.25) is 11.8 Å². The van der Waals surface area contributed by atoms with Crippen LogP contribution in [0.15, 0.2) is 53.4 Å². The Bertz CT molecular complexity index is 1030. The molecular weight excluding hydrogens is 376 g/mol. The van der Waals surface area contributed by atoms with E-state index in [9.17, 15) is 18.0 Å². The summed E-state index contributed by atoms with van der Waals surface area (Å²) in [5.74, 6) is -0.813. The van der Waals surface area contributed by atoms with E-state index in [1.165, 1.54) is 17.7 Å². The van der Waals surface area contributed by atoms with E-state index in [1.54, 1.807) is 17.0 Å². The predicted molar refractivity (Wildman–Crippen MR) is 104 cm³/mol. The summed E-state index contributed by atoms with van der Waals surface area (Å²) in [4.78, 5) is 27.3. The van der Waals surface area contributed by atoms with Gasteiger partial charge in [-0.2, -0.15) is 0 Å². The first kappa shape index (κ1) is 18.7. The summed E-state index contributed by atoms with van der Waals surface area (Å²) >= 11 is 0. The molecule has 2 aromatic rings. The van der Waals surface area contributed by atoms with E-state index in [1.807, 2.05) is 31.2 Å². The Balaban J connectivity index is 1.61. The summed E-state index contributed by atoms with van der Waals surface area (Å²) in [6.45, 7) is 2.83. The lowest BCUT2D eigenvalue weighted by Gasteiger charge is -2.33. The van der Waals surface area contributed by atoms with Crippen LogP contribution in [0.1, 0.15) is 29.5 Å². The fourth-order valence-corrected chi connectivity index (χ4v) is 5.50. The van der Waals surface area contributed by atoms with Gasteiger partial charge in [-0.1, -0.05) is 42.0 Å². The van der Waals surface area contributed by atoms with E-state index in [4.69, 9.17) is 0 Å². The molecule has 1 atom stereocenters. The van der Waals surface area contributed by atoms with Crippen LogP contribution in [0.4, 0.5) is 0 Å². The Hall–Kier alpha value is -2.67. The van der Waals surface area contributed by atoms with Gasteiger partial charge in [-0.3, -0.25) is 9.59 Å². The number of hydrogen-bond acceptors (Lipinski definition) is 4. The van der Waals surface area contributed by atoms with Crippen molar-refractivity contribution in [3.8, 4) is 0 Å². The van der Waals surface area contributed by atoms with Gasteiger partial charge in [-0.25, -0.2) is 12.7 Å². The summed E-state index contributed by atoms with van der Waals surface area (Å²) in [6.07, 6.45) is 1.01. The zero-order chi connectivity index (χ0) is 19.9. The molecule has 7 heteroatoms. The maximum absolute atomic E-state index is 13.2. The molecule has 2 heterocycles. The fourth-order valence-electron chi connectivity index (χ4n) is 3.91. The SMILES string of the molecule is Cc1ccc(S(=O)(=O)N2C(=O)CC[C@@H]2C(=O)N2CCc3ccccc3C2)cc1. The number of fused-ring (bicyclic) bond motifs is 1. The van der Waals surface area contributed by atoms with Crippen molar-refractivity contribution >= 4 is 21.8 Å². The molecule has 2 aromatic carbocycles. The highest BCUT2D eigenvalue weighted by molar-refractivity contribution is 7.89. The van der Waals surface area contributed by atoms with E-state index in [2.05, 4.69) is 0 Å².